The van der Waals surface area contributed by atoms with Crippen molar-refractivity contribution in [2.45, 2.75) is 26.1 Å². The molecule has 0 unspecified atom stereocenters. The van der Waals surface area contributed by atoms with Crippen LogP contribution in [-0.2, 0) is 16.1 Å². The Labute approximate surface area is 192 Å². The molecule has 1 heterocycles. The number of rotatable bonds is 9. The Morgan fingerprint density at radius 3 is 2.32 bits per heavy atom. The third kappa shape index (κ3) is 5.66. The maximum absolute atomic E-state index is 12.6. The second-order valence-electron chi connectivity index (χ2n) is 7.38. The molecule has 0 saturated carbocycles. The molecule has 3 rings (SSSR count). The molecule has 13 heteroatoms. The van der Waals surface area contributed by atoms with Gasteiger partial charge in [-0.25, -0.2) is 0 Å². The number of alkyl halides is 2. The molecular formula is C21H21F2N3O8. The Hall–Kier alpha value is -4.03. The Morgan fingerprint density at radius 1 is 1.09 bits per heavy atom. The highest BCUT2D eigenvalue weighted by molar-refractivity contribution is 5.73. The summed E-state index contributed by atoms with van der Waals surface area (Å²) in [4.78, 5) is 35.8. The lowest BCUT2D eigenvalue weighted by atomic mass is 9.96. The Bertz CT molecular complexity index is 1070. The number of halogens is 2. The highest BCUT2D eigenvalue weighted by Gasteiger charge is 2.30. The van der Waals surface area contributed by atoms with E-state index in [1.54, 1.807) is 18.2 Å². The average Bonchev–Trinajstić information content (AvgIpc) is 2.82. The third-order valence-corrected chi connectivity index (χ3v) is 5.39. The molecule has 0 amide bonds. The fraction of sp³-hybridized carbons (Fsp3) is 0.381. The fourth-order valence-corrected chi connectivity index (χ4v) is 3.73. The Morgan fingerprint density at radius 2 is 1.74 bits per heavy atom. The smallest absolute Gasteiger partial charge is 0.387 e. The first kappa shape index (κ1) is 24.6. The van der Waals surface area contributed by atoms with E-state index in [4.69, 9.17) is 9.47 Å². The van der Waals surface area contributed by atoms with Crippen molar-refractivity contribution >= 4 is 23.0 Å². The number of methoxy groups -OCH3 is 1. The van der Waals surface area contributed by atoms with Crippen LogP contribution in [-0.4, -0.2) is 42.6 Å². The zero-order valence-electron chi connectivity index (χ0n) is 18.0. The van der Waals surface area contributed by atoms with Gasteiger partial charge in [0.2, 0.25) is 0 Å². The van der Waals surface area contributed by atoms with Crippen molar-refractivity contribution in [2.75, 3.05) is 25.1 Å². The minimum absolute atomic E-state index is 0.0240. The number of carbonyl (C=O) groups is 1. The first-order valence-electron chi connectivity index (χ1n) is 10.2. The molecule has 182 valence electrons. The van der Waals surface area contributed by atoms with Gasteiger partial charge in [-0.2, -0.15) is 8.78 Å². The summed E-state index contributed by atoms with van der Waals surface area (Å²) in [5.74, 6) is -1.76. The summed E-state index contributed by atoms with van der Waals surface area (Å²) in [5.41, 5.74) is -0.165. The fourth-order valence-electron chi connectivity index (χ4n) is 3.73. The van der Waals surface area contributed by atoms with E-state index in [1.807, 2.05) is 4.90 Å². The van der Waals surface area contributed by atoms with E-state index < -0.39 is 46.4 Å². The van der Waals surface area contributed by atoms with E-state index in [0.717, 1.165) is 12.1 Å². The van der Waals surface area contributed by atoms with E-state index in [2.05, 4.69) is 4.74 Å². The first-order valence-corrected chi connectivity index (χ1v) is 10.2. The zero-order chi connectivity index (χ0) is 24.8. The molecule has 1 aliphatic heterocycles. The van der Waals surface area contributed by atoms with Crippen LogP contribution in [0.2, 0.25) is 0 Å². The van der Waals surface area contributed by atoms with Crippen molar-refractivity contribution in [3.63, 3.8) is 0 Å². The van der Waals surface area contributed by atoms with Crippen molar-refractivity contribution in [3.05, 3.63) is 62.2 Å². The molecule has 0 aromatic heterocycles. The van der Waals surface area contributed by atoms with Gasteiger partial charge in [-0.15, -0.1) is 0 Å². The summed E-state index contributed by atoms with van der Waals surface area (Å²) in [6.45, 7) is -2.90. The molecule has 0 N–H and O–H groups in total. The number of para-hydroxylation sites is 2. The predicted molar refractivity (Wildman–Crippen MR) is 114 cm³/mol. The van der Waals surface area contributed by atoms with Crippen LogP contribution in [0.5, 0.6) is 11.5 Å². The molecule has 1 fully saturated rings. The van der Waals surface area contributed by atoms with E-state index in [0.29, 0.717) is 31.6 Å². The minimum Gasteiger partial charge on any atom is -0.493 e. The summed E-state index contributed by atoms with van der Waals surface area (Å²) in [6.07, 6.45) is 0.745. The van der Waals surface area contributed by atoms with Crippen molar-refractivity contribution in [3.8, 4) is 11.5 Å². The standard InChI is InChI=1S/C21H21F2N3O8/c1-32-18-10-14(17(26(30)31)11-19(18)34-21(22)23)12-33-20(27)13-6-8-24(9-7-13)15-4-2-3-5-16(15)25(28)29/h2-5,10-11,13,21H,6-9,12H2,1H3. The summed E-state index contributed by atoms with van der Waals surface area (Å²) < 4.78 is 39.6. The highest BCUT2D eigenvalue weighted by atomic mass is 19.3. The third-order valence-electron chi connectivity index (χ3n) is 5.39. The monoisotopic (exact) mass is 481 g/mol. The lowest BCUT2D eigenvalue weighted by Gasteiger charge is -2.32. The van der Waals surface area contributed by atoms with Gasteiger partial charge < -0.3 is 19.1 Å². The van der Waals surface area contributed by atoms with E-state index in [9.17, 15) is 33.8 Å². The van der Waals surface area contributed by atoms with Gasteiger partial charge in [-0.3, -0.25) is 25.0 Å². The maximum Gasteiger partial charge on any atom is 0.387 e. The van der Waals surface area contributed by atoms with Gasteiger partial charge in [0.1, 0.15) is 12.3 Å². The first-order chi connectivity index (χ1) is 16.2. The van der Waals surface area contributed by atoms with E-state index in [-0.39, 0.29) is 17.0 Å². The molecule has 1 aliphatic rings. The Balaban J connectivity index is 1.65. The maximum atomic E-state index is 12.6. The number of anilines is 1. The summed E-state index contributed by atoms with van der Waals surface area (Å²) in [6, 6.07) is 8.23. The largest absolute Gasteiger partial charge is 0.493 e. The van der Waals surface area contributed by atoms with Crippen LogP contribution in [0, 0.1) is 26.1 Å². The summed E-state index contributed by atoms with van der Waals surface area (Å²) in [7, 11) is 1.18. The number of hydrogen-bond donors (Lipinski definition) is 0. The van der Waals surface area contributed by atoms with Gasteiger partial charge >= 0.3 is 12.6 Å². The molecule has 2 aromatic carbocycles. The van der Waals surface area contributed by atoms with Crippen LogP contribution in [0.1, 0.15) is 18.4 Å². The van der Waals surface area contributed by atoms with Crippen LogP contribution >= 0.6 is 0 Å². The highest BCUT2D eigenvalue weighted by Crippen LogP contribution is 2.36. The van der Waals surface area contributed by atoms with Gasteiger partial charge in [0.25, 0.3) is 11.4 Å². The molecule has 1 saturated heterocycles. The normalized spacial score (nSPS) is 14.1. The lowest BCUT2D eigenvalue weighted by molar-refractivity contribution is -0.386. The van der Waals surface area contributed by atoms with Crippen LogP contribution in [0.3, 0.4) is 0 Å². The number of nitrogens with zero attached hydrogens (tertiary/aromatic N) is 3. The van der Waals surface area contributed by atoms with Gasteiger partial charge in [-0.05, 0) is 25.0 Å². The van der Waals surface area contributed by atoms with Gasteiger partial charge in [0.05, 0.1) is 34.5 Å². The van der Waals surface area contributed by atoms with Crippen molar-refractivity contribution in [1.29, 1.82) is 0 Å². The van der Waals surface area contributed by atoms with Crippen molar-refractivity contribution in [1.82, 2.24) is 0 Å². The van der Waals surface area contributed by atoms with Crippen LogP contribution in [0.4, 0.5) is 25.8 Å². The number of nitro groups is 2. The molecule has 0 atom stereocenters. The molecule has 0 bridgehead atoms. The molecule has 34 heavy (non-hydrogen) atoms. The van der Waals surface area contributed by atoms with Crippen LogP contribution in [0.25, 0.3) is 0 Å². The number of carbonyl (C=O) groups excluding carboxylic acids is 1. The summed E-state index contributed by atoms with van der Waals surface area (Å²) >= 11 is 0. The molecule has 0 aliphatic carbocycles. The number of hydrogen-bond acceptors (Lipinski definition) is 9. The average molecular weight is 481 g/mol. The second-order valence-corrected chi connectivity index (χ2v) is 7.38. The SMILES string of the molecule is COc1cc(COC(=O)C2CCN(c3ccccc3[N+](=O)[O-])CC2)c([N+](=O)[O-])cc1OC(F)F. The van der Waals surface area contributed by atoms with E-state index in [1.165, 1.54) is 13.2 Å². The van der Waals surface area contributed by atoms with E-state index >= 15 is 0 Å². The number of ether oxygens (including phenoxy) is 3. The van der Waals surface area contributed by atoms with Crippen molar-refractivity contribution < 1.29 is 37.6 Å². The molecule has 0 radical (unpaired) electrons. The second kappa shape index (κ2) is 10.7. The van der Waals surface area contributed by atoms with Gasteiger partial charge in [0.15, 0.2) is 11.5 Å². The topological polar surface area (TPSA) is 134 Å². The van der Waals surface area contributed by atoms with Crippen LogP contribution in [0.15, 0.2) is 36.4 Å². The van der Waals surface area contributed by atoms with Gasteiger partial charge in [0, 0.05) is 19.2 Å². The number of nitro benzene ring substituents is 2. The summed E-state index contributed by atoms with van der Waals surface area (Å²) in [5, 5.41) is 22.6. The lowest BCUT2D eigenvalue weighted by Crippen LogP contribution is -2.37. The Kier molecular flexibility index (Phi) is 7.76. The van der Waals surface area contributed by atoms with Crippen LogP contribution < -0.4 is 14.4 Å². The number of benzene rings is 2. The quantitative estimate of drug-likeness (QED) is 0.295. The zero-order valence-corrected chi connectivity index (χ0v) is 18.0. The van der Waals surface area contributed by atoms with Gasteiger partial charge in [-0.1, -0.05) is 12.1 Å². The number of esters is 1. The molecule has 0 spiro atoms. The predicted octanol–water partition coefficient (Wildman–Crippen LogP) is 4.07. The van der Waals surface area contributed by atoms with Crippen molar-refractivity contribution in [2.24, 2.45) is 5.92 Å². The number of piperidine rings is 1. The molecule has 2 aromatic rings. The minimum atomic E-state index is -3.21. The molecular weight excluding hydrogens is 460 g/mol. The molecule has 11 nitrogen and oxygen atoms in total.